The molecule has 0 heterocycles. The molecule has 0 saturated carbocycles. The molecule has 140 valence electrons. The number of nitrogens with zero attached hydrogens (tertiary/aromatic N) is 1. The van der Waals surface area contributed by atoms with Crippen molar-refractivity contribution in [1.29, 1.82) is 0 Å². The van der Waals surface area contributed by atoms with Gasteiger partial charge in [0.15, 0.2) is 0 Å². The molecule has 5 rings (SSSR count). The van der Waals surface area contributed by atoms with E-state index in [1.807, 2.05) is 24.4 Å². The Balaban J connectivity index is 1.55. The minimum Gasteiger partial charge on any atom is -0.278 e. The molecule has 4 aromatic rings. The molecular weight excluding hydrogens is 352 g/mol. The van der Waals surface area contributed by atoms with Gasteiger partial charge in [-0.2, -0.15) is 5.10 Å². The zero-order valence-corrected chi connectivity index (χ0v) is 16.3. The number of nitrogens with one attached hydrogen (secondary N) is 1. The summed E-state index contributed by atoms with van der Waals surface area (Å²) in [5.74, 6) is 0.225. The van der Waals surface area contributed by atoms with Gasteiger partial charge in [0, 0.05) is 5.92 Å². The van der Waals surface area contributed by atoms with E-state index in [-0.39, 0.29) is 5.92 Å². The third-order valence-corrected chi connectivity index (χ3v) is 5.67. The molecule has 0 bridgehead atoms. The van der Waals surface area contributed by atoms with Gasteiger partial charge in [0.25, 0.3) is 0 Å². The van der Waals surface area contributed by atoms with Crippen LogP contribution in [0.3, 0.4) is 0 Å². The van der Waals surface area contributed by atoms with Gasteiger partial charge < -0.3 is 0 Å². The van der Waals surface area contributed by atoms with E-state index in [2.05, 4.69) is 96.3 Å². The summed E-state index contributed by atoms with van der Waals surface area (Å²) in [6.07, 6.45) is 1.94. The lowest BCUT2D eigenvalue weighted by molar-refractivity contribution is 1.01. The summed E-state index contributed by atoms with van der Waals surface area (Å²) in [5, 5.41) is 4.54. The third kappa shape index (κ3) is 3.13. The molecule has 1 aliphatic carbocycles. The molecule has 0 spiro atoms. The summed E-state index contributed by atoms with van der Waals surface area (Å²) in [4.78, 5) is 0. The predicted molar refractivity (Wildman–Crippen MR) is 122 cm³/mol. The molecule has 1 aliphatic rings. The van der Waals surface area contributed by atoms with Crippen LogP contribution in [-0.2, 0) is 0 Å². The number of para-hydroxylation sites is 1. The Kier molecular flexibility index (Phi) is 4.45. The predicted octanol–water partition coefficient (Wildman–Crippen LogP) is 6.60. The first-order chi connectivity index (χ1) is 14.3. The Labute approximate surface area is 171 Å². The second kappa shape index (κ2) is 7.40. The van der Waals surface area contributed by atoms with Gasteiger partial charge in [0.05, 0.1) is 11.9 Å². The first-order valence-electron chi connectivity index (χ1n) is 9.95. The normalized spacial score (nSPS) is 12.7. The van der Waals surface area contributed by atoms with Crippen molar-refractivity contribution in [2.45, 2.75) is 12.8 Å². The molecule has 2 nitrogen and oxygen atoms in total. The average Bonchev–Trinajstić information content (AvgIpc) is 3.10. The molecule has 0 aliphatic heterocycles. The Morgan fingerprint density at radius 2 is 1.21 bits per heavy atom. The standard InChI is InChI=1S/C27H22N2/c1-19-10-2-9-17-26(19)29-28-18-20-11-3-4-12-21(20)27-24-15-7-5-13-22(24)23-14-6-8-16-25(23)27/h2-18,27,29H,1H3/b28-18+. The van der Waals surface area contributed by atoms with Gasteiger partial charge >= 0.3 is 0 Å². The van der Waals surface area contributed by atoms with Crippen LogP contribution in [0.15, 0.2) is 102 Å². The summed E-state index contributed by atoms with van der Waals surface area (Å²) >= 11 is 0. The van der Waals surface area contributed by atoms with Gasteiger partial charge in [0.2, 0.25) is 0 Å². The van der Waals surface area contributed by atoms with E-state index in [0.717, 1.165) is 11.3 Å². The van der Waals surface area contributed by atoms with E-state index in [1.165, 1.54) is 33.4 Å². The maximum absolute atomic E-state index is 4.54. The lowest BCUT2D eigenvalue weighted by Gasteiger charge is -2.17. The monoisotopic (exact) mass is 374 g/mol. The van der Waals surface area contributed by atoms with Crippen molar-refractivity contribution in [2.24, 2.45) is 5.10 Å². The van der Waals surface area contributed by atoms with Crippen LogP contribution < -0.4 is 5.43 Å². The highest BCUT2D eigenvalue weighted by molar-refractivity contribution is 5.87. The van der Waals surface area contributed by atoms with Crippen LogP contribution in [0.5, 0.6) is 0 Å². The Morgan fingerprint density at radius 3 is 1.90 bits per heavy atom. The largest absolute Gasteiger partial charge is 0.278 e. The van der Waals surface area contributed by atoms with Crippen LogP contribution in [0.2, 0.25) is 0 Å². The second-order valence-electron chi connectivity index (χ2n) is 7.42. The molecular formula is C27H22N2. The van der Waals surface area contributed by atoms with Crippen LogP contribution in [0.25, 0.3) is 11.1 Å². The fourth-order valence-corrected chi connectivity index (χ4v) is 4.25. The highest BCUT2D eigenvalue weighted by Crippen LogP contribution is 2.48. The molecule has 2 heteroatoms. The number of hydrazone groups is 1. The molecule has 0 fully saturated rings. The Morgan fingerprint density at radius 1 is 0.655 bits per heavy atom. The van der Waals surface area contributed by atoms with E-state index >= 15 is 0 Å². The molecule has 29 heavy (non-hydrogen) atoms. The number of hydrogen-bond donors (Lipinski definition) is 1. The van der Waals surface area contributed by atoms with Gasteiger partial charge in [0.1, 0.15) is 0 Å². The van der Waals surface area contributed by atoms with Crippen molar-refractivity contribution in [3.05, 3.63) is 125 Å². The number of benzene rings is 4. The summed E-state index contributed by atoms with van der Waals surface area (Å²) in [6.45, 7) is 2.08. The van der Waals surface area contributed by atoms with Crippen LogP contribution in [-0.4, -0.2) is 6.21 Å². The number of aryl methyl sites for hydroxylation is 1. The van der Waals surface area contributed by atoms with E-state index in [4.69, 9.17) is 0 Å². The Hall–Kier alpha value is -3.65. The molecule has 0 saturated heterocycles. The van der Waals surface area contributed by atoms with E-state index in [0.29, 0.717) is 0 Å². The number of rotatable bonds is 4. The van der Waals surface area contributed by atoms with E-state index in [9.17, 15) is 0 Å². The minimum absolute atomic E-state index is 0.225. The summed E-state index contributed by atoms with van der Waals surface area (Å²) in [7, 11) is 0. The lowest BCUT2D eigenvalue weighted by atomic mass is 9.87. The van der Waals surface area contributed by atoms with Crippen molar-refractivity contribution in [3.8, 4) is 11.1 Å². The molecule has 4 aromatic carbocycles. The molecule has 0 aromatic heterocycles. The maximum atomic E-state index is 4.54. The second-order valence-corrected chi connectivity index (χ2v) is 7.42. The Bertz CT molecular complexity index is 1160. The summed E-state index contributed by atoms with van der Waals surface area (Å²) in [6, 6.07) is 34.2. The van der Waals surface area contributed by atoms with Gasteiger partial charge in [-0.15, -0.1) is 0 Å². The summed E-state index contributed by atoms with van der Waals surface area (Å²) < 4.78 is 0. The van der Waals surface area contributed by atoms with Gasteiger partial charge in [-0.3, -0.25) is 5.43 Å². The molecule has 1 N–H and O–H groups in total. The fourth-order valence-electron chi connectivity index (χ4n) is 4.25. The van der Waals surface area contributed by atoms with Crippen LogP contribution in [0, 0.1) is 6.92 Å². The van der Waals surface area contributed by atoms with E-state index in [1.54, 1.807) is 0 Å². The fraction of sp³-hybridized carbons (Fsp3) is 0.0741. The highest BCUT2D eigenvalue weighted by atomic mass is 15.3. The lowest BCUT2D eigenvalue weighted by Crippen LogP contribution is -2.04. The van der Waals surface area contributed by atoms with Crippen molar-refractivity contribution >= 4 is 11.9 Å². The first-order valence-corrected chi connectivity index (χ1v) is 9.95. The molecule has 0 amide bonds. The van der Waals surface area contributed by atoms with Crippen molar-refractivity contribution in [1.82, 2.24) is 0 Å². The van der Waals surface area contributed by atoms with E-state index < -0.39 is 0 Å². The average molecular weight is 374 g/mol. The zero-order chi connectivity index (χ0) is 19.6. The van der Waals surface area contributed by atoms with Crippen LogP contribution in [0.1, 0.15) is 33.7 Å². The first kappa shape index (κ1) is 17.4. The number of hydrogen-bond acceptors (Lipinski definition) is 2. The summed E-state index contributed by atoms with van der Waals surface area (Å²) in [5.41, 5.74) is 13.2. The molecule has 0 unspecified atom stereocenters. The SMILES string of the molecule is Cc1ccccc1N/N=C/c1ccccc1C1c2ccccc2-c2ccccc21. The van der Waals surface area contributed by atoms with Gasteiger partial charge in [-0.1, -0.05) is 91.0 Å². The van der Waals surface area contributed by atoms with Crippen LogP contribution >= 0.6 is 0 Å². The molecule has 0 atom stereocenters. The quantitative estimate of drug-likeness (QED) is 0.278. The van der Waals surface area contributed by atoms with Crippen LogP contribution in [0.4, 0.5) is 5.69 Å². The minimum atomic E-state index is 0.225. The third-order valence-electron chi connectivity index (χ3n) is 5.67. The molecule has 0 radical (unpaired) electrons. The van der Waals surface area contributed by atoms with Crippen molar-refractivity contribution in [3.63, 3.8) is 0 Å². The van der Waals surface area contributed by atoms with Crippen molar-refractivity contribution < 1.29 is 0 Å². The van der Waals surface area contributed by atoms with Gasteiger partial charge in [-0.25, -0.2) is 0 Å². The maximum Gasteiger partial charge on any atom is 0.0590 e. The van der Waals surface area contributed by atoms with Gasteiger partial charge in [-0.05, 0) is 51.9 Å². The smallest absolute Gasteiger partial charge is 0.0590 e. The zero-order valence-electron chi connectivity index (χ0n) is 16.3. The number of fused-ring (bicyclic) bond motifs is 3. The topological polar surface area (TPSA) is 24.4 Å². The highest BCUT2D eigenvalue weighted by Gasteiger charge is 2.30. The number of anilines is 1. The van der Waals surface area contributed by atoms with Crippen molar-refractivity contribution in [2.75, 3.05) is 5.43 Å².